The molecule has 0 aliphatic heterocycles. The highest BCUT2D eigenvalue weighted by Gasteiger charge is 2.31. The minimum absolute atomic E-state index is 0.493. The third kappa shape index (κ3) is 4.50. The fourth-order valence-electron chi connectivity index (χ4n) is 0.989. The van der Waals surface area contributed by atoms with Gasteiger partial charge in [-0.05, 0) is 11.6 Å². The van der Waals surface area contributed by atoms with E-state index in [0.29, 0.717) is 5.56 Å². The van der Waals surface area contributed by atoms with Gasteiger partial charge in [0.2, 0.25) is 5.91 Å². The molecule has 6 heteroatoms. The van der Waals surface area contributed by atoms with Gasteiger partial charge < -0.3 is 5.73 Å². The van der Waals surface area contributed by atoms with E-state index in [-0.39, 0.29) is 0 Å². The van der Waals surface area contributed by atoms with Crippen LogP contribution in [0.5, 0.6) is 0 Å². The molecule has 17 heavy (non-hydrogen) atoms. The first kappa shape index (κ1) is 13.0. The van der Waals surface area contributed by atoms with Crippen LogP contribution in [0, 0.1) is 0 Å². The predicted molar refractivity (Wildman–Crippen MR) is 56.6 cm³/mol. The summed E-state index contributed by atoms with van der Waals surface area (Å²) in [5.41, 5.74) is 4.39. The summed E-state index contributed by atoms with van der Waals surface area (Å²) in [6.45, 7) is 0. The number of nitrogens with zero attached hydrogens (tertiary/aromatic N) is 1. The fraction of sp³-hybridized carbons (Fsp3) is 0.0909. The minimum atomic E-state index is -4.44. The zero-order valence-corrected chi connectivity index (χ0v) is 8.61. The summed E-state index contributed by atoms with van der Waals surface area (Å²) < 4.78 is 36.5. The smallest absolute Gasteiger partial charge is 0.366 e. The molecule has 1 rings (SSSR count). The lowest BCUT2D eigenvalue weighted by Gasteiger charge is -2.04. The van der Waals surface area contributed by atoms with E-state index in [0.717, 1.165) is 18.3 Å². The zero-order valence-electron chi connectivity index (χ0n) is 8.61. The lowest BCUT2D eigenvalue weighted by Crippen LogP contribution is -2.07. The Kier molecular flexibility index (Phi) is 4.03. The topological polar surface area (TPSA) is 56.0 Å². The molecule has 0 spiro atoms. The van der Waals surface area contributed by atoms with Crippen molar-refractivity contribution in [3.05, 3.63) is 47.8 Å². The number of hydrogen-bond donors (Lipinski definition) is 1. The number of carbonyl (C=O) groups excluding carboxylic acids is 1. The van der Waals surface area contributed by atoms with Crippen LogP contribution >= 0.6 is 0 Å². The Bertz CT molecular complexity index is 447. The average molecular weight is 242 g/mol. The molecule has 2 N–H and O–H groups in total. The second-order valence-corrected chi connectivity index (χ2v) is 3.10. The molecule has 0 aliphatic rings. The van der Waals surface area contributed by atoms with Crippen molar-refractivity contribution in [2.45, 2.75) is 6.18 Å². The monoisotopic (exact) mass is 242 g/mol. The number of amides is 1. The molecule has 0 radical (unpaired) electrons. The van der Waals surface area contributed by atoms with E-state index in [9.17, 15) is 18.0 Å². The maximum Gasteiger partial charge on any atom is 0.433 e. The molecule has 0 saturated carbocycles. The molecule has 3 nitrogen and oxygen atoms in total. The first-order valence-electron chi connectivity index (χ1n) is 4.57. The number of primary amides is 1. The molecule has 0 atom stereocenters. The fourth-order valence-corrected chi connectivity index (χ4v) is 0.989. The number of nitrogens with two attached hydrogens (primary N) is 1. The number of allylic oxidation sites excluding steroid dienone is 2. The van der Waals surface area contributed by atoms with Gasteiger partial charge in [-0.1, -0.05) is 24.3 Å². The number of pyridine rings is 1. The highest BCUT2D eigenvalue weighted by atomic mass is 19.4. The Morgan fingerprint density at radius 3 is 2.47 bits per heavy atom. The quantitative estimate of drug-likeness (QED) is 0.652. The van der Waals surface area contributed by atoms with Crippen molar-refractivity contribution in [1.29, 1.82) is 0 Å². The van der Waals surface area contributed by atoms with Gasteiger partial charge in [0.15, 0.2) is 0 Å². The summed E-state index contributed by atoms with van der Waals surface area (Å²) >= 11 is 0. The van der Waals surface area contributed by atoms with E-state index in [1.165, 1.54) is 24.3 Å². The molecule has 0 unspecified atom stereocenters. The Hall–Kier alpha value is -2.11. The van der Waals surface area contributed by atoms with Gasteiger partial charge in [0, 0.05) is 12.3 Å². The SMILES string of the molecule is NC(=O)C=CC=Cc1ccc(C(F)(F)F)nc1. The molecular formula is C11H9F3N2O. The van der Waals surface area contributed by atoms with Crippen LogP contribution in [0.1, 0.15) is 11.3 Å². The molecule has 1 amide bonds. The van der Waals surface area contributed by atoms with Crippen LogP contribution in [0.2, 0.25) is 0 Å². The van der Waals surface area contributed by atoms with E-state index >= 15 is 0 Å². The van der Waals surface area contributed by atoms with Gasteiger partial charge in [-0.15, -0.1) is 0 Å². The third-order valence-corrected chi connectivity index (χ3v) is 1.74. The highest BCUT2D eigenvalue weighted by molar-refractivity contribution is 5.86. The van der Waals surface area contributed by atoms with Crippen LogP contribution in [0.25, 0.3) is 6.08 Å². The molecule has 0 fully saturated rings. The Morgan fingerprint density at radius 1 is 1.29 bits per heavy atom. The summed E-state index contributed by atoms with van der Waals surface area (Å²) in [4.78, 5) is 13.6. The maximum absolute atomic E-state index is 12.2. The normalized spacial score (nSPS) is 12.4. The summed E-state index contributed by atoms with van der Waals surface area (Å²) in [5.74, 6) is -0.597. The van der Waals surface area contributed by atoms with Gasteiger partial charge in [-0.3, -0.25) is 9.78 Å². The van der Waals surface area contributed by atoms with Gasteiger partial charge in [-0.25, -0.2) is 0 Å². The van der Waals surface area contributed by atoms with Crippen molar-refractivity contribution in [2.24, 2.45) is 5.73 Å². The van der Waals surface area contributed by atoms with Gasteiger partial charge in [0.05, 0.1) is 0 Å². The van der Waals surface area contributed by atoms with Gasteiger partial charge in [-0.2, -0.15) is 13.2 Å². The largest absolute Gasteiger partial charge is 0.433 e. The van der Waals surface area contributed by atoms with Crippen molar-refractivity contribution < 1.29 is 18.0 Å². The number of aromatic nitrogens is 1. The number of carbonyl (C=O) groups is 1. The predicted octanol–water partition coefficient (Wildman–Crippen LogP) is 2.16. The number of hydrogen-bond acceptors (Lipinski definition) is 2. The number of alkyl halides is 3. The van der Waals surface area contributed by atoms with Crippen LogP contribution in [0.4, 0.5) is 13.2 Å². The Balaban J connectivity index is 2.72. The Labute approximate surface area is 95.5 Å². The van der Waals surface area contributed by atoms with Crippen molar-refractivity contribution >= 4 is 12.0 Å². The summed E-state index contributed by atoms with van der Waals surface area (Å²) in [6.07, 6.45) is 2.17. The molecule has 0 saturated heterocycles. The number of halogens is 3. The molecule has 0 aromatic carbocycles. The van der Waals surface area contributed by atoms with Crippen molar-refractivity contribution in [3.63, 3.8) is 0 Å². The summed E-state index contributed by atoms with van der Waals surface area (Å²) in [6, 6.07) is 2.17. The minimum Gasteiger partial charge on any atom is -0.366 e. The lowest BCUT2D eigenvalue weighted by atomic mass is 10.2. The zero-order chi connectivity index (χ0) is 12.9. The Morgan fingerprint density at radius 2 is 2.00 bits per heavy atom. The first-order chi connectivity index (χ1) is 7.89. The second-order valence-electron chi connectivity index (χ2n) is 3.10. The second kappa shape index (κ2) is 5.29. The van der Waals surface area contributed by atoms with E-state index < -0.39 is 17.8 Å². The molecule has 90 valence electrons. The van der Waals surface area contributed by atoms with Gasteiger partial charge in [0.1, 0.15) is 5.69 Å². The molecule has 0 bridgehead atoms. The number of rotatable bonds is 3. The standard InChI is InChI=1S/C11H9F3N2O/c12-11(13,14)9-6-5-8(7-16-9)3-1-2-4-10(15)17/h1-7H,(H2,15,17). The third-order valence-electron chi connectivity index (χ3n) is 1.74. The molecule has 0 aliphatic carbocycles. The van der Waals surface area contributed by atoms with Crippen LogP contribution < -0.4 is 5.73 Å². The summed E-state index contributed by atoms with van der Waals surface area (Å²) in [7, 11) is 0. The lowest BCUT2D eigenvalue weighted by molar-refractivity contribution is -0.141. The molecule has 1 heterocycles. The van der Waals surface area contributed by atoms with E-state index in [1.54, 1.807) is 0 Å². The van der Waals surface area contributed by atoms with Crippen LogP contribution in [0.3, 0.4) is 0 Å². The van der Waals surface area contributed by atoms with Crippen molar-refractivity contribution in [2.75, 3.05) is 0 Å². The molecular weight excluding hydrogens is 233 g/mol. The van der Waals surface area contributed by atoms with Gasteiger partial charge >= 0.3 is 6.18 Å². The molecule has 1 aromatic heterocycles. The van der Waals surface area contributed by atoms with Crippen LogP contribution in [-0.4, -0.2) is 10.9 Å². The van der Waals surface area contributed by atoms with E-state index in [4.69, 9.17) is 5.73 Å². The molecule has 1 aromatic rings. The van der Waals surface area contributed by atoms with Crippen molar-refractivity contribution in [3.8, 4) is 0 Å². The van der Waals surface area contributed by atoms with Gasteiger partial charge in [0.25, 0.3) is 0 Å². The van der Waals surface area contributed by atoms with Crippen molar-refractivity contribution in [1.82, 2.24) is 4.98 Å². The maximum atomic E-state index is 12.2. The first-order valence-corrected chi connectivity index (χ1v) is 4.57. The average Bonchev–Trinajstić information content (AvgIpc) is 2.23. The van der Waals surface area contributed by atoms with Crippen LogP contribution in [-0.2, 0) is 11.0 Å². The van der Waals surface area contributed by atoms with Crippen LogP contribution in [0.15, 0.2) is 36.6 Å². The van der Waals surface area contributed by atoms with E-state index in [2.05, 4.69) is 4.98 Å². The highest BCUT2D eigenvalue weighted by Crippen LogP contribution is 2.27. The summed E-state index contributed by atoms with van der Waals surface area (Å²) in [5, 5.41) is 0. The van der Waals surface area contributed by atoms with E-state index in [1.807, 2.05) is 0 Å².